The van der Waals surface area contributed by atoms with Gasteiger partial charge < -0.3 is 9.47 Å². The van der Waals surface area contributed by atoms with Gasteiger partial charge >= 0.3 is 0 Å². The number of rotatable bonds is 8. The summed E-state index contributed by atoms with van der Waals surface area (Å²) in [7, 11) is 1.97. The molecule has 2 aliphatic rings. The number of anilines is 1. The van der Waals surface area contributed by atoms with Crippen LogP contribution in [0.3, 0.4) is 0 Å². The van der Waals surface area contributed by atoms with Gasteiger partial charge in [-0.15, -0.1) is 0 Å². The number of nitrogens with zero attached hydrogens (tertiary/aromatic N) is 3. The van der Waals surface area contributed by atoms with Gasteiger partial charge in [0.25, 0.3) is 0 Å². The van der Waals surface area contributed by atoms with Gasteiger partial charge in [-0.05, 0) is 83.6 Å². The zero-order chi connectivity index (χ0) is 27.9. The van der Waals surface area contributed by atoms with E-state index in [1.807, 2.05) is 34.8 Å². The second-order valence-corrected chi connectivity index (χ2v) is 12.5. The summed E-state index contributed by atoms with van der Waals surface area (Å²) in [6.45, 7) is 4.80. The molecule has 1 amide bonds. The minimum atomic E-state index is -0.238. The van der Waals surface area contributed by atoms with Crippen LogP contribution in [0.1, 0.15) is 61.2 Å². The minimum absolute atomic E-state index is 0.108. The van der Waals surface area contributed by atoms with Gasteiger partial charge in [-0.2, -0.15) is 0 Å². The van der Waals surface area contributed by atoms with Crippen molar-refractivity contribution in [2.45, 2.75) is 56.5 Å². The maximum absolute atomic E-state index is 14.4. The van der Waals surface area contributed by atoms with Crippen LogP contribution >= 0.6 is 11.9 Å². The third-order valence-electron chi connectivity index (χ3n) is 8.61. The summed E-state index contributed by atoms with van der Waals surface area (Å²) in [6.07, 6.45) is 6.78. The number of hydrogen-bond donors (Lipinski definition) is 1. The van der Waals surface area contributed by atoms with Crippen LogP contribution in [0.15, 0.2) is 90.1 Å². The van der Waals surface area contributed by atoms with E-state index in [0.717, 1.165) is 35.7 Å². The molecule has 206 valence electrons. The van der Waals surface area contributed by atoms with Crippen LogP contribution < -0.4 is 9.62 Å². The van der Waals surface area contributed by atoms with E-state index in [4.69, 9.17) is 0 Å². The van der Waals surface area contributed by atoms with E-state index < -0.39 is 0 Å². The Morgan fingerprint density at radius 2 is 1.95 bits per heavy atom. The largest absolute Gasteiger partial charge is 0.337 e. The predicted molar refractivity (Wildman–Crippen MR) is 158 cm³/mol. The summed E-state index contributed by atoms with van der Waals surface area (Å²) in [5.74, 6) is 0.815. The number of amides is 1. The Morgan fingerprint density at radius 1 is 1.12 bits per heavy atom. The highest BCUT2D eigenvalue weighted by Gasteiger charge is 2.63. The topological polar surface area (TPSA) is 50.2 Å². The average molecular weight is 555 g/mol. The molecule has 4 aromatic rings. The van der Waals surface area contributed by atoms with Gasteiger partial charge in [-0.25, -0.2) is 9.37 Å². The number of hydrogen-bond acceptors (Lipinski definition) is 4. The average Bonchev–Trinajstić information content (AvgIpc) is 3.31. The van der Waals surface area contributed by atoms with Crippen LogP contribution in [-0.2, 0) is 24.8 Å². The van der Waals surface area contributed by atoms with Gasteiger partial charge in [0.15, 0.2) is 0 Å². The molecule has 0 aliphatic heterocycles. The van der Waals surface area contributed by atoms with Crippen molar-refractivity contribution in [1.29, 1.82) is 0 Å². The number of carbonyl (C=O) groups is 1. The molecule has 7 heteroatoms. The molecule has 1 aromatic heterocycles. The van der Waals surface area contributed by atoms with Gasteiger partial charge in [-0.3, -0.25) is 9.52 Å². The summed E-state index contributed by atoms with van der Waals surface area (Å²) < 4.78 is 19.3. The lowest BCUT2D eigenvalue weighted by atomic mass is 9.87. The predicted octanol–water partition coefficient (Wildman–Crippen LogP) is 7.21. The van der Waals surface area contributed by atoms with Crippen LogP contribution in [0.2, 0.25) is 0 Å². The summed E-state index contributed by atoms with van der Waals surface area (Å²) in [5.41, 5.74) is 4.49. The molecule has 0 spiro atoms. The Morgan fingerprint density at radius 3 is 2.70 bits per heavy atom. The Balaban J connectivity index is 1.31. The highest BCUT2D eigenvalue weighted by atomic mass is 32.2. The maximum Gasteiger partial charge on any atom is 0.231 e. The molecule has 3 atom stereocenters. The molecule has 6 rings (SSSR count). The molecule has 0 radical (unpaired) electrons. The number of nitrogens with one attached hydrogen (secondary N) is 1. The molecule has 5 nitrogen and oxygen atoms in total. The van der Waals surface area contributed by atoms with Gasteiger partial charge in [0.1, 0.15) is 11.6 Å². The first-order valence-corrected chi connectivity index (χ1v) is 14.8. The fourth-order valence-corrected chi connectivity index (χ4v) is 7.12. The Bertz CT molecular complexity index is 1520. The Hall–Kier alpha value is -3.42. The van der Waals surface area contributed by atoms with Gasteiger partial charge in [0.2, 0.25) is 5.91 Å². The number of aromatic nitrogens is 2. The molecule has 1 fully saturated rings. The lowest BCUT2D eigenvalue weighted by Crippen LogP contribution is -2.34. The molecule has 3 aromatic carbocycles. The number of aryl methyl sites for hydroxylation is 2. The maximum atomic E-state index is 14.4. The zero-order valence-corrected chi connectivity index (χ0v) is 24.0. The van der Waals surface area contributed by atoms with E-state index in [1.54, 1.807) is 18.3 Å². The van der Waals surface area contributed by atoms with Crippen molar-refractivity contribution in [2.75, 3.05) is 4.90 Å². The van der Waals surface area contributed by atoms with Crippen molar-refractivity contribution in [3.63, 3.8) is 0 Å². The molecule has 0 saturated heterocycles. The molecule has 2 aliphatic carbocycles. The third-order valence-corrected chi connectivity index (χ3v) is 9.50. The number of carbonyl (C=O) groups excluding carboxylic acids is 1. The van der Waals surface area contributed by atoms with Crippen molar-refractivity contribution in [2.24, 2.45) is 18.4 Å². The lowest BCUT2D eigenvalue weighted by molar-refractivity contribution is -0.120. The number of benzene rings is 3. The van der Waals surface area contributed by atoms with Gasteiger partial charge in [0.05, 0.1) is 12.5 Å². The number of fused-ring (bicyclic) bond motifs is 1. The number of halogens is 1. The number of imidazole rings is 1. The fraction of sp³-hybridized carbons (Fsp3) is 0.333. The smallest absolute Gasteiger partial charge is 0.231 e. The summed E-state index contributed by atoms with van der Waals surface area (Å²) in [6, 6.07) is 23.6. The first-order chi connectivity index (χ1) is 19.3. The first kappa shape index (κ1) is 26.8. The van der Waals surface area contributed by atoms with E-state index in [-0.39, 0.29) is 35.0 Å². The molecule has 0 bridgehead atoms. The molecule has 1 N–H and O–H groups in total. The third kappa shape index (κ3) is 5.20. The normalized spacial score (nSPS) is 21.1. The zero-order valence-electron chi connectivity index (χ0n) is 23.2. The van der Waals surface area contributed by atoms with Crippen molar-refractivity contribution < 1.29 is 9.18 Å². The van der Waals surface area contributed by atoms with Crippen LogP contribution in [0.4, 0.5) is 10.1 Å². The van der Waals surface area contributed by atoms with E-state index in [0.29, 0.717) is 6.54 Å². The summed E-state index contributed by atoms with van der Waals surface area (Å²) >= 11 is 1.46. The standard InChI is InChI=1S/C33H35FN4OS/c1-33(2)30(23-9-5-4-6-10-23)31(33)32(39)38(21-29-35-17-18-37(29)3)25-16-15-22-11-7-14-28(27(22)20-25)36-40-26-13-8-12-24(34)19-26/h4-6,8-10,12-13,15-20,28,30-31,36H,7,11,14,21H2,1-3H3/t28-,30-,31+/m0/s1. The molecule has 1 heterocycles. The van der Waals surface area contributed by atoms with Crippen LogP contribution in [0.5, 0.6) is 0 Å². The van der Waals surface area contributed by atoms with Crippen molar-refractivity contribution in [3.8, 4) is 0 Å². The van der Waals surface area contributed by atoms with E-state index >= 15 is 0 Å². The van der Waals surface area contributed by atoms with E-state index in [2.05, 4.69) is 66.0 Å². The minimum Gasteiger partial charge on any atom is -0.337 e. The monoisotopic (exact) mass is 554 g/mol. The molecule has 40 heavy (non-hydrogen) atoms. The van der Waals surface area contributed by atoms with Crippen molar-refractivity contribution >= 4 is 23.5 Å². The molecular weight excluding hydrogens is 519 g/mol. The fourth-order valence-electron chi connectivity index (χ4n) is 6.28. The van der Waals surface area contributed by atoms with Crippen molar-refractivity contribution in [1.82, 2.24) is 14.3 Å². The molecule has 0 unspecified atom stereocenters. The Labute approximate surface area is 240 Å². The summed E-state index contributed by atoms with van der Waals surface area (Å²) in [4.78, 5) is 21.7. The van der Waals surface area contributed by atoms with Gasteiger partial charge in [-0.1, -0.05) is 56.3 Å². The van der Waals surface area contributed by atoms with Crippen LogP contribution in [0, 0.1) is 17.2 Å². The second kappa shape index (κ2) is 10.9. The van der Waals surface area contributed by atoms with Crippen LogP contribution in [0.25, 0.3) is 0 Å². The highest BCUT2D eigenvalue weighted by molar-refractivity contribution is 7.97. The first-order valence-electron chi connectivity index (χ1n) is 14.0. The van der Waals surface area contributed by atoms with Gasteiger partial charge in [0, 0.05) is 42.0 Å². The van der Waals surface area contributed by atoms with Crippen molar-refractivity contribution in [3.05, 3.63) is 114 Å². The molecular formula is C33H35FN4OS. The van der Waals surface area contributed by atoms with E-state index in [1.165, 1.54) is 34.7 Å². The lowest BCUT2D eigenvalue weighted by Gasteiger charge is -2.29. The second-order valence-electron chi connectivity index (χ2n) is 11.6. The quantitative estimate of drug-likeness (QED) is 0.234. The van der Waals surface area contributed by atoms with Crippen LogP contribution in [-0.4, -0.2) is 15.5 Å². The highest BCUT2D eigenvalue weighted by Crippen LogP contribution is 2.65. The Kier molecular flexibility index (Phi) is 7.27. The molecule has 1 saturated carbocycles. The SMILES string of the molecule is Cn1ccnc1CN(C(=O)[C@H]1[C@H](c2ccccc2)C1(C)C)c1ccc2c(c1)[C@@H](NSc1cccc(F)c1)CCC2. The van der Waals surface area contributed by atoms with E-state index in [9.17, 15) is 9.18 Å². The summed E-state index contributed by atoms with van der Waals surface area (Å²) in [5, 5.41) is 0.